The van der Waals surface area contributed by atoms with Crippen molar-refractivity contribution in [2.24, 2.45) is 0 Å². The summed E-state index contributed by atoms with van der Waals surface area (Å²) in [5, 5.41) is 19.5. The maximum absolute atomic E-state index is 9.74. The van der Waals surface area contributed by atoms with Crippen LogP contribution in [0.5, 0.6) is 5.75 Å². The Morgan fingerprint density at radius 3 is 2.94 bits per heavy atom. The Hall–Kier alpha value is -0.770. The summed E-state index contributed by atoms with van der Waals surface area (Å²) in [6.07, 6.45) is 2.11. The predicted octanol–water partition coefficient (Wildman–Crippen LogP) is 2.00. The van der Waals surface area contributed by atoms with Crippen molar-refractivity contribution in [3.63, 3.8) is 0 Å². The van der Waals surface area contributed by atoms with Crippen molar-refractivity contribution in [1.29, 1.82) is 0 Å². The lowest BCUT2D eigenvalue weighted by atomic mass is 10.1. The lowest BCUT2D eigenvalue weighted by Crippen LogP contribution is -2.31. The van der Waals surface area contributed by atoms with E-state index < -0.39 is 0 Å². The van der Waals surface area contributed by atoms with E-state index in [0.29, 0.717) is 11.6 Å². The Morgan fingerprint density at radius 2 is 2.25 bits per heavy atom. The second-order valence-electron chi connectivity index (χ2n) is 4.19. The molecule has 1 aliphatic rings. The first kappa shape index (κ1) is 11.7. The number of phenols is 1. The Bertz CT molecular complexity index is 350. The largest absolute Gasteiger partial charge is 0.508 e. The van der Waals surface area contributed by atoms with Crippen LogP contribution in [0.25, 0.3) is 0 Å². The number of halogens is 1. The molecule has 1 fully saturated rings. The topological polar surface area (TPSA) is 43.7 Å². The molecule has 1 aromatic carbocycles. The summed E-state index contributed by atoms with van der Waals surface area (Å²) < 4.78 is 0. The van der Waals surface area contributed by atoms with Gasteiger partial charge in [0.25, 0.3) is 0 Å². The van der Waals surface area contributed by atoms with Gasteiger partial charge in [-0.1, -0.05) is 17.7 Å². The first-order valence-electron chi connectivity index (χ1n) is 5.53. The zero-order chi connectivity index (χ0) is 11.5. The van der Waals surface area contributed by atoms with Crippen LogP contribution in [0.2, 0.25) is 5.02 Å². The van der Waals surface area contributed by atoms with E-state index in [4.69, 9.17) is 11.6 Å². The molecular formula is C12H16ClNO2. The molecule has 0 saturated carbocycles. The normalized spacial score (nSPS) is 21.5. The average Bonchev–Trinajstić information content (AvgIpc) is 2.71. The highest BCUT2D eigenvalue weighted by molar-refractivity contribution is 6.31. The fourth-order valence-electron chi connectivity index (χ4n) is 2.22. The smallest absolute Gasteiger partial charge is 0.121 e. The van der Waals surface area contributed by atoms with Gasteiger partial charge < -0.3 is 10.2 Å². The molecule has 2 N–H and O–H groups in total. The third-order valence-corrected chi connectivity index (χ3v) is 3.52. The number of aromatic hydroxyl groups is 1. The lowest BCUT2D eigenvalue weighted by Gasteiger charge is -2.23. The van der Waals surface area contributed by atoms with Gasteiger partial charge in [0.15, 0.2) is 0 Å². The highest BCUT2D eigenvalue weighted by atomic mass is 35.5. The Labute approximate surface area is 100 Å². The molecule has 4 heteroatoms. The van der Waals surface area contributed by atoms with E-state index in [1.165, 1.54) is 0 Å². The number of hydrogen-bond acceptors (Lipinski definition) is 3. The van der Waals surface area contributed by atoms with E-state index in [9.17, 15) is 10.2 Å². The average molecular weight is 242 g/mol. The molecule has 0 aliphatic carbocycles. The standard InChI is InChI=1S/C12H16ClNO2/c13-11-4-1-5-12(16)10(11)7-14-6-2-3-9(14)8-15/h1,4-5,9,15-16H,2-3,6-8H2/t9-/m0/s1. The van der Waals surface area contributed by atoms with Crippen LogP contribution in [0, 0.1) is 0 Å². The number of phenolic OH excluding ortho intramolecular Hbond substituents is 1. The predicted molar refractivity (Wildman–Crippen MR) is 63.6 cm³/mol. The molecule has 0 bridgehead atoms. The first-order valence-corrected chi connectivity index (χ1v) is 5.91. The highest BCUT2D eigenvalue weighted by Gasteiger charge is 2.24. The van der Waals surface area contributed by atoms with Gasteiger partial charge in [-0.2, -0.15) is 0 Å². The van der Waals surface area contributed by atoms with Crippen LogP contribution in [-0.4, -0.2) is 34.3 Å². The quantitative estimate of drug-likeness (QED) is 0.851. The van der Waals surface area contributed by atoms with Crippen molar-refractivity contribution in [2.45, 2.75) is 25.4 Å². The van der Waals surface area contributed by atoms with Gasteiger partial charge in [-0.3, -0.25) is 4.90 Å². The molecule has 1 atom stereocenters. The van der Waals surface area contributed by atoms with Crippen molar-refractivity contribution in [2.75, 3.05) is 13.2 Å². The maximum atomic E-state index is 9.74. The molecule has 16 heavy (non-hydrogen) atoms. The summed E-state index contributed by atoms with van der Waals surface area (Å²) in [4.78, 5) is 2.17. The van der Waals surface area contributed by atoms with Gasteiger partial charge >= 0.3 is 0 Å². The summed E-state index contributed by atoms with van der Waals surface area (Å²) >= 11 is 6.05. The van der Waals surface area contributed by atoms with Gasteiger partial charge in [0.1, 0.15) is 5.75 Å². The van der Waals surface area contributed by atoms with Crippen LogP contribution >= 0.6 is 11.6 Å². The van der Waals surface area contributed by atoms with Crippen LogP contribution in [0.3, 0.4) is 0 Å². The fourth-order valence-corrected chi connectivity index (χ4v) is 2.45. The number of benzene rings is 1. The third-order valence-electron chi connectivity index (χ3n) is 3.17. The minimum atomic E-state index is 0.172. The number of likely N-dealkylation sites (tertiary alicyclic amines) is 1. The Balaban J connectivity index is 2.14. The summed E-state index contributed by atoms with van der Waals surface area (Å²) in [5.74, 6) is 0.232. The number of rotatable bonds is 3. The van der Waals surface area contributed by atoms with Crippen molar-refractivity contribution < 1.29 is 10.2 Å². The van der Waals surface area contributed by atoms with E-state index in [2.05, 4.69) is 4.90 Å². The minimum Gasteiger partial charge on any atom is -0.508 e. The van der Waals surface area contributed by atoms with Crippen LogP contribution in [-0.2, 0) is 6.54 Å². The Morgan fingerprint density at radius 1 is 1.44 bits per heavy atom. The molecule has 0 amide bonds. The van der Waals surface area contributed by atoms with Gasteiger partial charge in [0.05, 0.1) is 6.61 Å². The van der Waals surface area contributed by atoms with Crippen molar-refractivity contribution >= 4 is 11.6 Å². The minimum absolute atomic E-state index is 0.172. The number of hydrogen-bond donors (Lipinski definition) is 2. The van der Waals surface area contributed by atoms with E-state index in [0.717, 1.165) is 24.9 Å². The van der Waals surface area contributed by atoms with Crippen molar-refractivity contribution in [3.05, 3.63) is 28.8 Å². The molecule has 0 radical (unpaired) electrons. The second kappa shape index (κ2) is 5.04. The Kier molecular flexibility index (Phi) is 3.69. The molecule has 2 rings (SSSR count). The first-order chi connectivity index (χ1) is 7.72. The number of aliphatic hydroxyl groups is 1. The van der Waals surface area contributed by atoms with Crippen molar-refractivity contribution in [3.8, 4) is 5.75 Å². The van der Waals surface area contributed by atoms with Crippen LogP contribution in [0.4, 0.5) is 0 Å². The monoisotopic (exact) mass is 241 g/mol. The van der Waals surface area contributed by atoms with Gasteiger partial charge in [-0.05, 0) is 31.5 Å². The maximum Gasteiger partial charge on any atom is 0.121 e. The van der Waals surface area contributed by atoms with E-state index in [1.807, 2.05) is 0 Å². The molecular weight excluding hydrogens is 226 g/mol. The van der Waals surface area contributed by atoms with Gasteiger partial charge in [-0.15, -0.1) is 0 Å². The second-order valence-corrected chi connectivity index (χ2v) is 4.59. The van der Waals surface area contributed by atoms with Crippen LogP contribution in [0.1, 0.15) is 18.4 Å². The van der Waals surface area contributed by atoms with Crippen LogP contribution in [0.15, 0.2) is 18.2 Å². The fraction of sp³-hybridized carbons (Fsp3) is 0.500. The molecule has 1 heterocycles. The van der Waals surface area contributed by atoms with Gasteiger partial charge in [0.2, 0.25) is 0 Å². The molecule has 3 nitrogen and oxygen atoms in total. The number of aliphatic hydroxyl groups excluding tert-OH is 1. The SMILES string of the molecule is OC[C@@H]1CCCN1Cc1c(O)cccc1Cl. The summed E-state index contributed by atoms with van der Waals surface area (Å²) in [6, 6.07) is 5.36. The molecule has 0 spiro atoms. The summed E-state index contributed by atoms with van der Waals surface area (Å²) in [6.45, 7) is 1.73. The molecule has 1 aliphatic heterocycles. The summed E-state index contributed by atoms with van der Waals surface area (Å²) in [7, 11) is 0. The molecule has 0 unspecified atom stereocenters. The highest BCUT2D eigenvalue weighted by Crippen LogP contribution is 2.29. The van der Waals surface area contributed by atoms with Gasteiger partial charge in [0, 0.05) is 23.2 Å². The molecule has 88 valence electrons. The zero-order valence-electron chi connectivity index (χ0n) is 9.06. The lowest BCUT2D eigenvalue weighted by molar-refractivity contribution is 0.152. The van der Waals surface area contributed by atoms with Gasteiger partial charge in [-0.25, -0.2) is 0 Å². The van der Waals surface area contributed by atoms with Crippen LogP contribution < -0.4 is 0 Å². The molecule has 1 aromatic rings. The third kappa shape index (κ3) is 2.32. The van der Waals surface area contributed by atoms with E-state index in [1.54, 1.807) is 18.2 Å². The number of nitrogens with zero attached hydrogens (tertiary/aromatic N) is 1. The van der Waals surface area contributed by atoms with E-state index in [-0.39, 0.29) is 18.4 Å². The molecule has 0 aromatic heterocycles. The zero-order valence-corrected chi connectivity index (χ0v) is 9.82. The summed E-state index contributed by atoms with van der Waals surface area (Å²) in [5.41, 5.74) is 0.754. The molecule has 1 saturated heterocycles. The van der Waals surface area contributed by atoms with Crippen molar-refractivity contribution in [1.82, 2.24) is 4.90 Å². The van der Waals surface area contributed by atoms with E-state index >= 15 is 0 Å².